The minimum absolute atomic E-state index is 0.279. The van der Waals surface area contributed by atoms with Crippen LogP contribution in [-0.2, 0) is 4.74 Å². The van der Waals surface area contributed by atoms with Gasteiger partial charge in [-0.2, -0.15) is 9.50 Å². The third-order valence-electron chi connectivity index (χ3n) is 7.43. The van der Waals surface area contributed by atoms with Crippen molar-refractivity contribution in [3.05, 3.63) is 106 Å². The van der Waals surface area contributed by atoms with Gasteiger partial charge in [0.25, 0.3) is 0 Å². The van der Waals surface area contributed by atoms with Crippen LogP contribution in [0.1, 0.15) is 61.1 Å². The molecule has 1 saturated heterocycles. The molecule has 0 bridgehead atoms. The van der Waals surface area contributed by atoms with Crippen LogP contribution in [0.2, 0.25) is 5.02 Å². The molecule has 0 saturated carbocycles. The summed E-state index contributed by atoms with van der Waals surface area (Å²) in [5.41, 5.74) is 6.73. The summed E-state index contributed by atoms with van der Waals surface area (Å²) in [4.78, 5) is 0. The molecular weight excluding hydrogens is 544 g/mol. The third-order valence-corrected chi connectivity index (χ3v) is 7.74. The van der Waals surface area contributed by atoms with Crippen LogP contribution in [0.25, 0.3) is 28.1 Å². The molecule has 0 N–H and O–H groups in total. The van der Waals surface area contributed by atoms with E-state index in [1.54, 1.807) is 10.7 Å². The van der Waals surface area contributed by atoms with Crippen molar-refractivity contribution in [1.82, 2.24) is 9.78 Å². The number of nitrogens with zero attached hydrogens (tertiary/aromatic N) is 5. The first-order valence-corrected chi connectivity index (χ1v) is 14.1. The molecule has 1 fully saturated rings. The Morgan fingerprint density at radius 1 is 1.02 bits per heavy atom. The molecule has 3 aromatic carbocycles. The molecule has 0 radical (unpaired) electrons. The van der Waals surface area contributed by atoms with Crippen LogP contribution in [0.4, 0.5) is 8.78 Å². The van der Waals surface area contributed by atoms with Gasteiger partial charge >= 0.3 is 0 Å². The van der Waals surface area contributed by atoms with Crippen LogP contribution in [-0.4, -0.2) is 28.6 Å². The van der Waals surface area contributed by atoms with Gasteiger partial charge in [-0.25, -0.2) is 9.07 Å². The third kappa shape index (κ3) is 5.62. The quantitative estimate of drug-likeness (QED) is 0.208. The van der Waals surface area contributed by atoms with E-state index in [1.165, 1.54) is 12.1 Å². The molecule has 1 atom stereocenters. The Labute approximate surface area is 241 Å². The zero-order valence-corrected chi connectivity index (χ0v) is 23.3. The molecule has 2 aliphatic rings. The van der Waals surface area contributed by atoms with Gasteiger partial charge < -0.3 is 4.74 Å². The second-order valence-electron chi connectivity index (χ2n) is 10.1. The monoisotopic (exact) mass is 571 g/mol. The molecule has 3 heterocycles. The summed E-state index contributed by atoms with van der Waals surface area (Å²) in [7, 11) is 0. The summed E-state index contributed by atoms with van der Waals surface area (Å²) in [6.07, 6.45) is 7.00. The smallest absolute Gasteiger partial charge is 0.240 e. The van der Waals surface area contributed by atoms with E-state index in [0.29, 0.717) is 35.5 Å². The maximum Gasteiger partial charge on any atom is 0.240 e. The number of benzene rings is 3. The number of hydrogen-bond donors (Lipinski definition) is 0. The summed E-state index contributed by atoms with van der Waals surface area (Å²) in [5.74, 6) is -0.942. The van der Waals surface area contributed by atoms with Crippen molar-refractivity contribution in [3.8, 4) is 0 Å². The summed E-state index contributed by atoms with van der Waals surface area (Å²) >= 11 is 6.56. The maximum absolute atomic E-state index is 15.3. The summed E-state index contributed by atoms with van der Waals surface area (Å²) in [5, 5.41) is 16.5. The van der Waals surface area contributed by atoms with Crippen molar-refractivity contribution in [2.45, 2.75) is 38.8 Å². The topological polar surface area (TPSA) is 64.1 Å². The highest BCUT2D eigenvalue weighted by atomic mass is 35.5. The van der Waals surface area contributed by atoms with Crippen LogP contribution in [0.5, 0.6) is 0 Å². The predicted octanol–water partition coefficient (Wildman–Crippen LogP) is 8.87. The Bertz CT molecular complexity index is 1720. The molecular formula is C32H28ClF2N5O. The molecule has 6 rings (SSSR count). The van der Waals surface area contributed by atoms with Crippen LogP contribution in [0.3, 0.4) is 0 Å². The first kappa shape index (κ1) is 27.2. The van der Waals surface area contributed by atoms with E-state index < -0.39 is 11.8 Å². The maximum atomic E-state index is 15.3. The van der Waals surface area contributed by atoms with Gasteiger partial charge in [-0.15, -0.1) is 10.2 Å². The molecule has 208 valence electrons. The zero-order chi connectivity index (χ0) is 28.3. The van der Waals surface area contributed by atoms with E-state index in [0.717, 1.165) is 58.4 Å². The highest BCUT2D eigenvalue weighted by Gasteiger charge is 2.23. The Balaban J connectivity index is 1.47. The fourth-order valence-corrected chi connectivity index (χ4v) is 5.69. The molecule has 0 aliphatic carbocycles. The van der Waals surface area contributed by atoms with Gasteiger partial charge in [0.05, 0.1) is 21.6 Å². The molecule has 0 spiro atoms. The number of ether oxygens (including phenoxy) is 1. The minimum atomic E-state index is -0.540. The number of fused-ring (bicyclic) bond motifs is 1. The second-order valence-corrected chi connectivity index (χ2v) is 10.5. The highest BCUT2D eigenvalue weighted by molar-refractivity contribution is 6.32. The van der Waals surface area contributed by atoms with E-state index in [1.807, 2.05) is 61.5 Å². The molecule has 9 heteroatoms. The van der Waals surface area contributed by atoms with Crippen molar-refractivity contribution in [2.75, 3.05) is 13.2 Å². The van der Waals surface area contributed by atoms with Crippen molar-refractivity contribution in [1.29, 1.82) is 0 Å². The lowest BCUT2D eigenvalue weighted by Gasteiger charge is -2.23. The highest BCUT2D eigenvalue weighted by Crippen LogP contribution is 2.39. The minimum Gasteiger partial charge on any atom is -0.356 e. The van der Waals surface area contributed by atoms with Gasteiger partial charge in [0.1, 0.15) is 12.4 Å². The Morgan fingerprint density at radius 3 is 2.56 bits per heavy atom. The number of halogens is 3. The van der Waals surface area contributed by atoms with E-state index >= 15 is 4.39 Å². The standard InChI is InChI=1S/C32H28ClF2N5O/c1-2-25(26-14-12-23(34)18-28(26)33)31(21-9-6-20(7-10-21)8-13-24-19-36-39-37-24)22-11-15-29-27(17-22)32(35)38-40(29)30-5-3-4-16-41-30/h6-15,17-18,30H,2-5,16,19H2,1H3/b13-8+,31-25+. The van der Waals surface area contributed by atoms with E-state index in [9.17, 15) is 4.39 Å². The Hall–Kier alpha value is -4.01. The van der Waals surface area contributed by atoms with Gasteiger partial charge in [0.2, 0.25) is 5.95 Å². The van der Waals surface area contributed by atoms with Gasteiger partial charge in [-0.1, -0.05) is 61.0 Å². The lowest BCUT2D eigenvalue weighted by atomic mass is 9.87. The Kier molecular flexibility index (Phi) is 7.85. The molecule has 0 amide bonds. The van der Waals surface area contributed by atoms with E-state index in [-0.39, 0.29) is 6.23 Å². The summed E-state index contributed by atoms with van der Waals surface area (Å²) in [6, 6.07) is 18.2. The second kappa shape index (κ2) is 11.8. The van der Waals surface area contributed by atoms with Crippen LogP contribution < -0.4 is 0 Å². The van der Waals surface area contributed by atoms with Crippen LogP contribution in [0, 0.1) is 11.8 Å². The van der Waals surface area contributed by atoms with Crippen LogP contribution >= 0.6 is 11.6 Å². The first-order valence-electron chi connectivity index (χ1n) is 13.7. The van der Waals surface area contributed by atoms with Crippen molar-refractivity contribution in [2.24, 2.45) is 15.4 Å². The molecule has 4 aromatic rings. The summed E-state index contributed by atoms with van der Waals surface area (Å²) < 4.78 is 36.8. The molecule has 41 heavy (non-hydrogen) atoms. The van der Waals surface area contributed by atoms with Crippen molar-refractivity contribution in [3.63, 3.8) is 0 Å². The first-order chi connectivity index (χ1) is 20.0. The lowest BCUT2D eigenvalue weighted by Crippen LogP contribution is -2.19. The molecule has 6 nitrogen and oxygen atoms in total. The normalized spacial score (nSPS) is 17.9. The average molecular weight is 572 g/mol. The SMILES string of the molecule is CC/C(=C(/c1ccc(/C=C/C2=NN=NC2)cc1)c1ccc2c(c1)c(F)nn2C1CCCCO1)c1ccc(F)cc1Cl. The molecule has 1 aromatic heterocycles. The van der Waals surface area contributed by atoms with E-state index in [2.05, 4.69) is 20.5 Å². The van der Waals surface area contributed by atoms with E-state index in [4.69, 9.17) is 16.3 Å². The van der Waals surface area contributed by atoms with Crippen molar-refractivity contribution >= 4 is 45.4 Å². The largest absolute Gasteiger partial charge is 0.356 e. The van der Waals surface area contributed by atoms with Gasteiger partial charge in [0, 0.05) is 6.61 Å². The van der Waals surface area contributed by atoms with Crippen molar-refractivity contribution < 1.29 is 13.5 Å². The van der Waals surface area contributed by atoms with Gasteiger partial charge in [0.15, 0.2) is 6.23 Å². The number of aromatic nitrogens is 2. The zero-order valence-electron chi connectivity index (χ0n) is 22.5. The number of allylic oxidation sites excluding steroid dienone is 1. The summed E-state index contributed by atoms with van der Waals surface area (Å²) in [6.45, 7) is 3.14. The van der Waals surface area contributed by atoms with Gasteiger partial charge in [-0.3, -0.25) is 0 Å². The Morgan fingerprint density at radius 2 is 1.85 bits per heavy atom. The average Bonchev–Trinajstić information content (AvgIpc) is 3.64. The fourth-order valence-electron chi connectivity index (χ4n) is 5.41. The lowest BCUT2D eigenvalue weighted by molar-refractivity contribution is -0.0375. The van der Waals surface area contributed by atoms with Gasteiger partial charge in [-0.05, 0) is 94.6 Å². The molecule has 2 aliphatic heterocycles. The predicted molar refractivity (Wildman–Crippen MR) is 159 cm³/mol. The fraction of sp³-hybridized carbons (Fsp3) is 0.250. The number of rotatable bonds is 7. The van der Waals surface area contributed by atoms with Crippen LogP contribution in [0.15, 0.2) is 82.2 Å². The molecule has 1 unspecified atom stereocenters. The number of hydrogen-bond acceptors (Lipinski definition) is 5.